The molecule has 0 aromatic carbocycles. The van der Waals surface area contributed by atoms with E-state index >= 15 is 0 Å². The average Bonchev–Trinajstić information content (AvgIpc) is 2.64. The molecular weight excluding hydrogens is 332 g/mol. The number of carbonyl (C=O) groups is 2. The van der Waals surface area contributed by atoms with Crippen LogP contribution < -0.4 is 10.6 Å². The maximum absolute atomic E-state index is 11.3. The lowest BCUT2D eigenvalue weighted by molar-refractivity contribution is -0.122. The highest BCUT2D eigenvalue weighted by Crippen LogP contribution is 2.10. The molecule has 26 heavy (non-hydrogen) atoms. The van der Waals surface area contributed by atoms with Crippen LogP contribution in [0.1, 0.15) is 89.9 Å². The van der Waals surface area contributed by atoms with Gasteiger partial charge in [0.05, 0.1) is 0 Å². The van der Waals surface area contributed by atoms with E-state index < -0.39 is 0 Å². The molecular formula is C20H40N2O4. The minimum absolute atomic E-state index is 0.0452. The van der Waals surface area contributed by atoms with E-state index in [0.717, 1.165) is 38.8 Å². The Morgan fingerprint density at radius 2 is 0.808 bits per heavy atom. The summed E-state index contributed by atoms with van der Waals surface area (Å²) in [6.07, 6.45) is 13.9. The summed E-state index contributed by atoms with van der Waals surface area (Å²) < 4.78 is 0. The molecule has 2 amide bonds. The van der Waals surface area contributed by atoms with Gasteiger partial charge in [-0.15, -0.1) is 0 Å². The van der Waals surface area contributed by atoms with Crippen molar-refractivity contribution in [3.05, 3.63) is 0 Å². The van der Waals surface area contributed by atoms with Gasteiger partial charge in [-0.1, -0.05) is 51.4 Å². The Morgan fingerprint density at radius 1 is 0.500 bits per heavy atom. The first kappa shape index (κ1) is 24.9. The van der Waals surface area contributed by atoms with Crippen LogP contribution in [-0.4, -0.2) is 48.3 Å². The van der Waals surface area contributed by atoms with Crippen molar-refractivity contribution in [2.24, 2.45) is 0 Å². The summed E-state index contributed by atoms with van der Waals surface area (Å²) in [6.45, 7) is 1.66. The molecule has 0 aliphatic carbocycles. The highest BCUT2D eigenvalue weighted by atomic mass is 16.3. The number of hydrogen-bond donors (Lipinski definition) is 4. The third-order valence-electron chi connectivity index (χ3n) is 4.37. The number of carbonyl (C=O) groups excluding carboxylic acids is 2. The number of rotatable bonds is 19. The second-order valence-electron chi connectivity index (χ2n) is 6.89. The van der Waals surface area contributed by atoms with Gasteiger partial charge in [0.25, 0.3) is 0 Å². The van der Waals surface area contributed by atoms with E-state index in [0.29, 0.717) is 25.7 Å². The number of amides is 2. The lowest BCUT2D eigenvalue weighted by Gasteiger charge is -2.06. The largest absolute Gasteiger partial charge is 0.396 e. The zero-order chi connectivity index (χ0) is 19.3. The van der Waals surface area contributed by atoms with E-state index in [2.05, 4.69) is 10.6 Å². The lowest BCUT2D eigenvalue weighted by Crippen LogP contribution is -2.24. The molecule has 0 saturated heterocycles. The van der Waals surface area contributed by atoms with Crippen molar-refractivity contribution in [2.45, 2.75) is 89.9 Å². The molecule has 0 aromatic rings. The molecule has 0 aliphatic rings. The van der Waals surface area contributed by atoms with E-state index in [4.69, 9.17) is 10.2 Å². The molecule has 154 valence electrons. The molecule has 4 N–H and O–H groups in total. The predicted molar refractivity (Wildman–Crippen MR) is 105 cm³/mol. The third kappa shape index (κ3) is 19.2. The second kappa shape index (κ2) is 20.2. The Balaban J connectivity index is 3.13. The van der Waals surface area contributed by atoms with Gasteiger partial charge in [0.1, 0.15) is 0 Å². The molecule has 0 spiro atoms. The molecule has 0 rings (SSSR count). The van der Waals surface area contributed by atoms with Crippen molar-refractivity contribution in [1.82, 2.24) is 10.6 Å². The molecule has 6 nitrogen and oxygen atoms in total. The van der Waals surface area contributed by atoms with Gasteiger partial charge in [0.15, 0.2) is 0 Å². The molecule has 0 unspecified atom stereocenters. The number of aliphatic hydroxyl groups is 2. The van der Waals surface area contributed by atoms with Crippen molar-refractivity contribution in [3.63, 3.8) is 0 Å². The van der Waals surface area contributed by atoms with Gasteiger partial charge in [0.2, 0.25) is 11.8 Å². The Labute approximate surface area is 159 Å². The molecule has 0 bridgehead atoms. The number of nitrogens with one attached hydrogen (secondary N) is 2. The quantitative estimate of drug-likeness (QED) is 0.262. The lowest BCUT2D eigenvalue weighted by atomic mass is 10.1. The van der Waals surface area contributed by atoms with Gasteiger partial charge in [-0.25, -0.2) is 0 Å². The second-order valence-corrected chi connectivity index (χ2v) is 6.89. The van der Waals surface area contributed by atoms with Crippen LogP contribution in [0.4, 0.5) is 0 Å². The van der Waals surface area contributed by atoms with Gasteiger partial charge in [0, 0.05) is 39.1 Å². The fraction of sp³-hybridized carbons (Fsp3) is 0.900. The molecule has 6 heteroatoms. The Bertz CT molecular complexity index is 306. The van der Waals surface area contributed by atoms with Crippen LogP contribution in [0.25, 0.3) is 0 Å². The van der Waals surface area contributed by atoms with Crippen LogP contribution in [0.15, 0.2) is 0 Å². The van der Waals surface area contributed by atoms with Gasteiger partial charge in [-0.3, -0.25) is 9.59 Å². The maximum atomic E-state index is 11.3. The molecule has 0 aromatic heterocycles. The van der Waals surface area contributed by atoms with Gasteiger partial charge in [-0.2, -0.15) is 0 Å². The normalized spacial score (nSPS) is 10.7. The summed E-state index contributed by atoms with van der Waals surface area (Å²) >= 11 is 0. The molecule has 0 heterocycles. The highest BCUT2D eigenvalue weighted by Gasteiger charge is 2.00. The molecule has 0 radical (unpaired) electrons. The van der Waals surface area contributed by atoms with E-state index in [1.54, 1.807) is 0 Å². The summed E-state index contributed by atoms with van der Waals surface area (Å²) in [5, 5.41) is 23.1. The van der Waals surface area contributed by atoms with Crippen molar-refractivity contribution in [3.8, 4) is 0 Å². The zero-order valence-corrected chi connectivity index (χ0v) is 16.4. The predicted octanol–water partition coefficient (Wildman–Crippen LogP) is 2.66. The van der Waals surface area contributed by atoms with E-state index in [9.17, 15) is 9.59 Å². The van der Waals surface area contributed by atoms with Gasteiger partial charge < -0.3 is 20.8 Å². The van der Waals surface area contributed by atoms with Gasteiger partial charge >= 0.3 is 0 Å². The fourth-order valence-corrected chi connectivity index (χ4v) is 2.78. The van der Waals surface area contributed by atoms with Crippen LogP contribution in [0.5, 0.6) is 0 Å². The number of aliphatic hydroxyl groups excluding tert-OH is 2. The summed E-state index contributed by atoms with van der Waals surface area (Å²) in [5.41, 5.74) is 0. The van der Waals surface area contributed by atoms with E-state index in [1.165, 1.54) is 38.5 Å². The van der Waals surface area contributed by atoms with Crippen molar-refractivity contribution in [2.75, 3.05) is 26.3 Å². The van der Waals surface area contributed by atoms with Crippen LogP contribution >= 0.6 is 0 Å². The Hall–Kier alpha value is -1.14. The zero-order valence-electron chi connectivity index (χ0n) is 16.4. The molecule has 0 saturated carbocycles. The summed E-state index contributed by atoms with van der Waals surface area (Å²) in [6, 6.07) is 0. The summed E-state index contributed by atoms with van der Waals surface area (Å²) in [5.74, 6) is 0.0903. The Morgan fingerprint density at radius 3 is 1.12 bits per heavy atom. The van der Waals surface area contributed by atoms with Crippen molar-refractivity contribution >= 4 is 11.8 Å². The fourth-order valence-electron chi connectivity index (χ4n) is 2.78. The first-order valence-electron chi connectivity index (χ1n) is 10.5. The van der Waals surface area contributed by atoms with Crippen molar-refractivity contribution in [1.29, 1.82) is 0 Å². The van der Waals surface area contributed by atoms with Crippen LogP contribution in [0, 0.1) is 0 Å². The smallest absolute Gasteiger partial charge is 0.220 e. The maximum Gasteiger partial charge on any atom is 0.220 e. The summed E-state index contributed by atoms with van der Waals surface area (Å²) in [7, 11) is 0. The number of hydrogen-bond acceptors (Lipinski definition) is 4. The van der Waals surface area contributed by atoms with Crippen LogP contribution in [0.3, 0.4) is 0 Å². The van der Waals surface area contributed by atoms with Crippen LogP contribution in [0.2, 0.25) is 0 Å². The minimum Gasteiger partial charge on any atom is -0.396 e. The van der Waals surface area contributed by atoms with E-state index in [1.807, 2.05) is 0 Å². The van der Waals surface area contributed by atoms with Gasteiger partial charge in [-0.05, 0) is 25.7 Å². The molecule has 0 fully saturated rings. The van der Waals surface area contributed by atoms with Crippen LogP contribution in [-0.2, 0) is 9.59 Å². The molecule has 0 atom stereocenters. The van der Waals surface area contributed by atoms with E-state index in [-0.39, 0.29) is 25.0 Å². The SMILES string of the molecule is O=C(CCCO)NCCCCCCCCCCCCNC(=O)CCCO. The first-order chi connectivity index (χ1) is 12.7. The topological polar surface area (TPSA) is 98.7 Å². The monoisotopic (exact) mass is 372 g/mol. The third-order valence-corrected chi connectivity index (χ3v) is 4.37. The Kier molecular flexibility index (Phi) is 19.3. The minimum atomic E-state index is 0.0452. The summed E-state index contributed by atoms with van der Waals surface area (Å²) in [4.78, 5) is 22.7. The highest BCUT2D eigenvalue weighted by molar-refractivity contribution is 5.76. The standard InChI is InChI=1S/C20H40N2O4/c23-17-11-13-19(25)21-15-9-7-5-3-1-2-4-6-8-10-16-22-20(26)14-12-18-24/h23-24H,1-18H2,(H,21,25)(H,22,26). The van der Waals surface area contributed by atoms with Crippen molar-refractivity contribution < 1.29 is 19.8 Å². The first-order valence-corrected chi connectivity index (χ1v) is 10.5. The molecule has 0 aliphatic heterocycles. The number of unbranched alkanes of at least 4 members (excludes halogenated alkanes) is 9. The average molecular weight is 373 g/mol.